The van der Waals surface area contributed by atoms with Gasteiger partial charge in [-0.2, -0.15) is 0 Å². The molecule has 104 valence electrons. The molecule has 0 radical (unpaired) electrons. The fourth-order valence-corrected chi connectivity index (χ4v) is 2.50. The summed E-state index contributed by atoms with van der Waals surface area (Å²) in [6.07, 6.45) is 1.68. The van der Waals surface area contributed by atoms with Crippen LogP contribution in [0.15, 0.2) is 18.2 Å². The Morgan fingerprint density at radius 2 is 1.84 bits per heavy atom. The highest BCUT2D eigenvalue weighted by Gasteiger charge is 2.20. The fourth-order valence-electron chi connectivity index (χ4n) is 2.00. The molecule has 1 aromatic carbocycles. The van der Waals surface area contributed by atoms with Crippen LogP contribution in [0.1, 0.15) is 12.8 Å². The van der Waals surface area contributed by atoms with Crippen molar-refractivity contribution in [2.45, 2.75) is 18.9 Å². The number of benzene rings is 1. The normalized spacial score (nSPS) is 16.5. The molecule has 1 saturated heterocycles. The van der Waals surface area contributed by atoms with Gasteiger partial charge in [0, 0.05) is 29.2 Å². The van der Waals surface area contributed by atoms with Crippen LogP contribution in [0.3, 0.4) is 0 Å². The molecule has 0 aromatic heterocycles. The summed E-state index contributed by atoms with van der Waals surface area (Å²) >= 11 is 11.7. The van der Waals surface area contributed by atoms with Crippen LogP contribution in [0.5, 0.6) is 5.75 Å². The summed E-state index contributed by atoms with van der Waals surface area (Å²) in [7, 11) is 0. The van der Waals surface area contributed by atoms with Crippen LogP contribution in [-0.4, -0.2) is 36.5 Å². The molecule has 0 atom stereocenters. The molecule has 1 heterocycles. The van der Waals surface area contributed by atoms with E-state index in [2.05, 4.69) is 0 Å². The minimum absolute atomic E-state index is 0.00803. The molecule has 0 saturated carbocycles. The van der Waals surface area contributed by atoms with Crippen molar-refractivity contribution in [1.82, 2.24) is 4.90 Å². The lowest BCUT2D eigenvalue weighted by Gasteiger charge is -2.30. The number of amides is 1. The zero-order valence-electron chi connectivity index (χ0n) is 10.4. The number of carbonyl (C=O) groups is 1. The second-order valence-electron chi connectivity index (χ2n) is 4.61. The van der Waals surface area contributed by atoms with Gasteiger partial charge in [0.1, 0.15) is 5.75 Å². The molecule has 1 amide bonds. The molecule has 1 aliphatic rings. The predicted molar refractivity (Wildman–Crippen MR) is 75.7 cm³/mol. The van der Waals surface area contributed by atoms with E-state index in [0.29, 0.717) is 28.9 Å². The van der Waals surface area contributed by atoms with Crippen LogP contribution < -0.4 is 10.5 Å². The van der Waals surface area contributed by atoms with Gasteiger partial charge in [-0.3, -0.25) is 4.79 Å². The average Bonchev–Trinajstić information content (AvgIpc) is 2.36. The highest BCUT2D eigenvalue weighted by molar-refractivity contribution is 6.34. The molecular formula is C13H16Cl2N2O2. The first-order valence-electron chi connectivity index (χ1n) is 6.17. The molecule has 1 aliphatic heterocycles. The Labute approximate surface area is 122 Å². The number of carbonyl (C=O) groups excluding carboxylic acids is 1. The quantitative estimate of drug-likeness (QED) is 0.932. The Morgan fingerprint density at radius 3 is 2.42 bits per heavy atom. The maximum atomic E-state index is 11.9. The third-order valence-corrected chi connectivity index (χ3v) is 3.53. The summed E-state index contributed by atoms with van der Waals surface area (Å²) in [5.41, 5.74) is 5.80. The van der Waals surface area contributed by atoms with E-state index < -0.39 is 0 Å². The number of halogens is 2. The first-order chi connectivity index (χ1) is 9.04. The molecule has 19 heavy (non-hydrogen) atoms. The molecule has 2 N–H and O–H groups in total. The maximum absolute atomic E-state index is 11.9. The van der Waals surface area contributed by atoms with Crippen molar-refractivity contribution in [3.63, 3.8) is 0 Å². The van der Waals surface area contributed by atoms with Crippen molar-refractivity contribution in [3.8, 4) is 5.75 Å². The highest BCUT2D eigenvalue weighted by Crippen LogP contribution is 2.24. The van der Waals surface area contributed by atoms with Crippen LogP contribution in [0.25, 0.3) is 0 Å². The van der Waals surface area contributed by atoms with Gasteiger partial charge in [-0.1, -0.05) is 23.2 Å². The summed E-state index contributed by atoms with van der Waals surface area (Å²) < 4.78 is 5.42. The third-order valence-electron chi connectivity index (χ3n) is 3.09. The number of ether oxygens (including phenoxy) is 1. The van der Waals surface area contributed by atoms with Crippen LogP contribution in [-0.2, 0) is 4.79 Å². The van der Waals surface area contributed by atoms with Crippen molar-refractivity contribution < 1.29 is 9.53 Å². The summed E-state index contributed by atoms with van der Waals surface area (Å²) in [5, 5.41) is 0.970. The van der Waals surface area contributed by atoms with E-state index in [-0.39, 0.29) is 18.6 Å². The van der Waals surface area contributed by atoms with Crippen molar-refractivity contribution in [2.24, 2.45) is 5.73 Å². The standard InChI is InChI=1S/C13H16Cl2N2O2/c14-9-5-10(15)7-12(6-9)19-8-13(18)17-3-1-11(16)2-4-17/h5-7,11H,1-4,8,16H2. The van der Waals surface area contributed by atoms with Gasteiger partial charge in [0.2, 0.25) is 0 Å². The van der Waals surface area contributed by atoms with E-state index >= 15 is 0 Å². The first kappa shape index (κ1) is 14.4. The average molecular weight is 303 g/mol. The van der Waals surface area contributed by atoms with Gasteiger partial charge >= 0.3 is 0 Å². The molecule has 6 heteroatoms. The topological polar surface area (TPSA) is 55.6 Å². The fraction of sp³-hybridized carbons (Fsp3) is 0.462. The molecule has 0 unspecified atom stereocenters. The molecule has 0 bridgehead atoms. The largest absolute Gasteiger partial charge is 0.484 e. The Hall–Kier alpha value is -0.970. The number of nitrogens with zero attached hydrogens (tertiary/aromatic N) is 1. The lowest BCUT2D eigenvalue weighted by Crippen LogP contribution is -2.44. The number of piperidine rings is 1. The lowest BCUT2D eigenvalue weighted by atomic mass is 10.1. The van der Waals surface area contributed by atoms with Gasteiger partial charge in [0.25, 0.3) is 5.91 Å². The van der Waals surface area contributed by atoms with E-state index in [1.54, 1.807) is 23.1 Å². The molecule has 0 spiro atoms. The van der Waals surface area contributed by atoms with Crippen molar-refractivity contribution >= 4 is 29.1 Å². The zero-order valence-corrected chi connectivity index (χ0v) is 12.0. The smallest absolute Gasteiger partial charge is 0.260 e. The first-order valence-corrected chi connectivity index (χ1v) is 6.92. The van der Waals surface area contributed by atoms with Crippen LogP contribution in [0.2, 0.25) is 10.0 Å². The lowest BCUT2D eigenvalue weighted by molar-refractivity contribution is -0.134. The SMILES string of the molecule is NC1CCN(C(=O)COc2cc(Cl)cc(Cl)c2)CC1. The van der Waals surface area contributed by atoms with Crippen LogP contribution in [0, 0.1) is 0 Å². The minimum Gasteiger partial charge on any atom is -0.484 e. The van der Waals surface area contributed by atoms with Gasteiger partial charge in [0.05, 0.1) is 0 Å². The Kier molecular flexibility index (Phi) is 4.91. The van der Waals surface area contributed by atoms with Gasteiger partial charge in [-0.05, 0) is 31.0 Å². The molecular weight excluding hydrogens is 287 g/mol. The van der Waals surface area contributed by atoms with Gasteiger partial charge < -0.3 is 15.4 Å². The number of rotatable bonds is 3. The van der Waals surface area contributed by atoms with E-state index in [0.717, 1.165) is 12.8 Å². The van der Waals surface area contributed by atoms with Gasteiger partial charge in [0.15, 0.2) is 6.61 Å². The monoisotopic (exact) mass is 302 g/mol. The number of hydrogen-bond acceptors (Lipinski definition) is 3. The van der Waals surface area contributed by atoms with Crippen LogP contribution >= 0.6 is 23.2 Å². The third kappa shape index (κ3) is 4.27. The number of nitrogens with two attached hydrogens (primary N) is 1. The highest BCUT2D eigenvalue weighted by atomic mass is 35.5. The van der Waals surface area contributed by atoms with E-state index in [4.69, 9.17) is 33.7 Å². The molecule has 1 fully saturated rings. The van der Waals surface area contributed by atoms with Crippen LogP contribution in [0.4, 0.5) is 0 Å². The molecule has 1 aromatic rings. The predicted octanol–water partition coefficient (Wildman–Crippen LogP) is 2.32. The Bertz CT molecular complexity index is 440. The summed E-state index contributed by atoms with van der Waals surface area (Å²) in [5.74, 6) is 0.461. The molecule has 0 aliphatic carbocycles. The molecule has 2 rings (SSSR count). The second-order valence-corrected chi connectivity index (χ2v) is 5.48. The summed E-state index contributed by atoms with van der Waals surface area (Å²) in [6.45, 7) is 1.38. The van der Waals surface area contributed by atoms with Crippen molar-refractivity contribution in [1.29, 1.82) is 0 Å². The van der Waals surface area contributed by atoms with Gasteiger partial charge in [-0.25, -0.2) is 0 Å². The van der Waals surface area contributed by atoms with Gasteiger partial charge in [-0.15, -0.1) is 0 Å². The second kappa shape index (κ2) is 6.46. The van der Waals surface area contributed by atoms with E-state index in [1.807, 2.05) is 0 Å². The maximum Gasteiger partial charge on any atom is 0.260 e. The van der Waals surface area contributed by atoms with Crippen molar-refractivity contribution in [2.75, 3.05) is 19.7 Å². The van der Waals surface area contributed by atoms with E-state index in [1.165, 1.54) is 0 Å². The summed E-state index contributed by atoms with van der Waals surface area (Å²) in [4.78, 5) is 13.7. The Morgan fingerprint density at radius 1 is 1.26 bits per heavy atom. The zero-order chi connectivity index (χ0) is 13.8. The Balaban J connectivity index is 1.86. The minimum atomic E-state index is -0.0389. The van der Waals surface area contributed by atoms with Crippen molar-refractivity contribution in [3.05, 3.63) is 28.2 Å². The summed E-state index contributed by atoms with van der Waals surface area (Å²) in [6, 6.07) is 5.08. The molecule has 4 nitrogen and oxygen atoms in total. The number of likely N-dealkylation sites (tertiary alicyclic amines) is 1. The number of hydrogen-bond donors (Lipinski definition) is 1. The van der Waals surface area contributed by atoms with E-state index in [9.17, 15) is 4.79 Å².